The van der Waals surface area contributed by atoms with Crippen LogP contribution in [0, 0.1) is 0 Å². The molecule has 0 saturated carbocycles. The molecule has 0 N–H and O–H groups in total. The van der Waals surface area contributed by atoms with Gasteiger partial charge in [-0.2, -0.15) is 0 Å². The van der Waals surface area contributed by atoms with Crippen molar-refractivity contribution in [2.24, 2.45) is 0 Å². The summed E-state index contributed by atoms with van der Waals surface area (Å²) in [6.07, 6.45) is 0. The molecule has 0 aliphatic rings. The van der Waals surface area contributed by atoms with E-state index in [2.05, 4.69) is 84.9 Å². The molecule has 0 fully saturated rings. The Hall–Kier alpha value is -6.85. The van der Waals surface area contributed by atoms with Crippen molar-refractivity contribution in [2.45, 2.75) is 0 Å². The van der Waals surface area contributed by atoms with Gasteiger partial charge in [-0.3, -0.25) is 0 Å². The zero-order valence-electron chi connectivity index (χ0n) is 26.7. The molecule has 3 heterocycles. The summed E-state index contributed by atoms with van der Waals surface area (Å²) in [6, 6.07) is 55.7. The SMILES string of the molecule is c1ccc(-c2ccc(-c3nc(-c4ccccc4)nc(-c4ccc5oc6ccccc6c5c4-c4ccc5oc6ccccc6c5c4)n3)cc2)cc1. The highest BCUT2D eigenvalue weighted by Gasteiger charge is 2.22. The lowest BCUT2D eigenvalue weighted by Crippen LogP contribution is -2.01. The minimum atomic E-state index is 0.584. The number of fused-ring (bicyclic) bond motifs is 6. The summed E-state index contributed by atoms with van der Waals surface area (Å²) < 4.78 is 12.6. The fourth-order valence-corrected chi connectivity index (χ4v) is 6.97. The normalized spacial score (nSPS) is 11.6. The lowest BCUT2D eigenvalue weighted by Gasteiger charge is -2.14. The van der Waals surface area contributed by atoms with Gasteiger partial charge in [0.1, 0.15) is 22.3 Å². The summed E-state index contributed by atoms with van der Waals surface area (Å²) >= 11 is 0. The van der Waals surface area contributed by atoms with Crippen molar-refractivity contribution >= 4 is 43.9 Å². The largest absolute Gasteiger partial charge is 0.456 e. The zero-order chi connectivity index (χ0) is 33.0. The number of furan rings is 2. The molecule has 0 saturated heterocycles. The van der Waals surface area contributed by atoms with Crippen LogP contribution < -0.4 is 0 Å². The van der Waals surface area contributed by atoms with E-state index in [4.69, 9.17) is 23.8 Å². The predicted molar refractivity (Wildman–Crippen MR) is 202 cm³/mol. The number of aromatic nitrogens is 3. The molecule has 0 aliphatic carbocycles. The fourth-order valence-electron chi connectivity index (χ4n) is 6.97. The molecule has 3 aromatic heterocycles. The number of hydrogen-bond donors (Lipinski definition) is 0. The molecule has 10 aromatic rings. The maximum Gasteiger partial charge on any atom is 0.164 e. The van der Waals surface area contributed by atoms with Crippen LogP contribution in [0.1, 0.15) is 0 Å². The molecule has 0 bridgehead atoms. The van der Waals surface area contributed by atoms with Crippen LogP contribution in [-0.2, 0) is 0 Å². The molecule has 0 atom stereocenters. The second kappa shape index (κ2) is 11.4. The van der Waals surface area contributed by atoms with Crippen molar-refractivity contribution in [3.05, 3.63) is 164 Å². The molecule has 0 unspecified atom stereocenters. The first kappa shape index (κ1) is 28.2. The molecule has 7 aromatic carbocycles. The molecule has 0 aliphatic heterocycles. The van der Waals surface area contributed by atoms with Crippen LogP contribution in [-0.4, -0.2) is 15.0 Å². The summed E-state index contributed by atoms with van der Waals surface area (Å²) in [5.74, 6) is 1.80. The molecule has 0 amide bonds. The number of para-hydroxylation sites is 2. The summed E-state index contributed by atoms with van der Waals surface area (Å²) in [4.78, 5) is 15.4. The van der Waals surface area contributed by atoms with Gasteiger partial charge in [0.05, 0.1) is 0 Å². The Bertz CT molecular complexity index is 2850. The number of rotatable bonds is 5. The molecule has 234 valence electrons. The van der Waals surface area contributed by atoms with Gasteiger partial charge in [-0.05, 0) is 53.1 Å². The molecule has 10 rings (SSSR count). The van der Waals surface area contributed by atoms with Crippen LogP contribution in [0.3, 0.4) is 0 Å². The van der Waals surface area contributed by atoms with Gasteiger partial charge in [0.15, 0.2) is 17.5 Å². The summed E-state index contributed by atoms with van der Waals surface area (Å²) in [6.45, 7) is 0. The van der Waals surface area contributed by atoms with Gasteiger partial charge in [0.25, 0.3) is 0 Å². The number of nitrogens with zero attached hydrogens (tertiary/aromatic N) is 3. The molecular formula is C45H27N3O2. The smallest absolute Gasteiger partial charge is 0.164 e. The van der Waals surface area contributed by atoms with E-state index >= 15 is 0 Å². The van der Waals surface area contributed by atoms with Gasteiger partial charge >= 0.3 is 0 Å². The van der Waals surface area contributed by atoms with Crippen molar-refractivity contribution in [1.29, 1.82) is 0 Å². The third-order valence-corrected chi connectivity index (χ3v) is 9.37. The van der Waals surface area contributed by atoms with Crippen molar-refractivity contribution < 1.29 is 8.83 Å². The van der Waals surface area contributed by atoms with E-state index in [9.17, 15) is 0 Å². The molecule has 0 radical (unpaired) electrons. The van der Waals surface area contributed by atoms with Crippen molar-refractivity contribution in [1.82, 2.24) is 15.0 Å². The Balaban J connectivity index is 1.23. The minimum absolute atomic E-state index is 0.584. The van der Waals surface area contributed by atoms with Crippen molar-refractivity contribution in [2.75, 3.05) is 0 Å². The predicted octanol–water partition coefficient (Wildman–Crippen LogP) is 12.0. The summed E-state index contributed by atoms with van der Waals surface area (Å²) in [7, 11) is 0. The van der Waals surface area contributed by atoms with E-state index in [0.29, 0.717) is 17.5 Å². The first-order valence-corrected chi connectivity index (χ1v) is 16.6. The molecule has 5 heteroatoms. The minimum Gasteiger partial charge on any atom is -0.456 e. The summed E-state index contributed by atoms with van der Waals surface area (Å²) in [5, 5.41) is 4.17. The van der Waals surface area contributed by atoms with E-state index in [1.807, 2.05) is 78.9 Å². The van der Waals surface area contributed by atoms with Crippen LogP contribution >= 0.6 is 0 Å². The van der Waals surface area contributed by atoms with Gasteiger partial charge in [-0.25, -0.2) is 15.0 Å². The zero-order valence-corrected chi connectivity index (χ0v) is 26.7. The quantitative estimate of drug-likeness (QED) is 0.187. The van der Waals surface area contributed by atoms with Gasteiger partial charge < -0.3 is 8.83 Å². The highest BCUT2D eigenvalue weighted by Crippen LogP contribution is 2.44. The lowest BCUT2D eigenvalue weighted by atomic mass is 9.92. The van der Waals surface area contributed by atoms with Gasteiger partial charge in [0, 0.05) is 43.8 Å². The van der Waals surface area contributed by atoms with Crippen molar-refractivity contribution in [3.63, 3.8) is 0 Å². The Kier molecular flexibility index (Phi) is 6.42. The molecule has 0 spiro atoms. The Morgan fingerprint density at radius 2 is 0.800 bits per heavy atom. The van der Waals surface area contributed by atoms with Crippen LogP contribution in [0.15, 0.2) is 173 Å². The van der Waals surface area contributed by atoms with Crippen LogP contribution in [0.4, 0.5) is 0 Å². The maximum atomic E-state index is 6.41. The Labute approximate surface area is 287 Å². The van der Waals surface area contributed by atoms with Crippen LogP contribution in [0.2, 0.25) is 0 Å². The van der Waals surface area contributed by atoms with E-state index in [1.54, 1.807) is 0 Å². The Morgan fingerprint density at radius 3 is 1.54 bits per heavy atom. The number of benzene rings is 7. The van der Waals surface area contributed by atoms with E-state index in [1.165, 1.54) is 0 Å². The monoisotopic (exact) mass is 641 g/mol. The van der Waals surface area contributed by atoms with E-state index in [0.717, 1.165) is 82.8 Å². The maximum absolute atomic E-state index is 6.41. The average molecular weight is 642 g/mol. The molecular weight excluding hydrogens is 615 g/mol. The number of hydrogen-bond acceptors (Lipinski definition) is 5. The third kappa shape index (κ3) is 4.67. The standard InChI is InChI=1S/C45H27N3O2/c1-3-11-28(12-4-1)29-19-21-31(22-20-29)44-46-43(30-13-5-2-6-14-30)47-45(48-44)35-24-26-40-42(34-16-8-10-18-38(34)50-40)41(35)32-23-25-39-36(27-32)33-15-7-9-17-37(33)49-39/h1-27H. The van der Waals surface area contributed by atoms with Crippen LogP contribution in [0.25, 0.3) is 100 Å². The molecule has 5 nitrogen and oxygen atoms in total. The Morgan fingerprint density at radius 1 is 0.320 bits per heavy atom. The van der Waals surface area contributed by atoms with E-state index < -0.39 is 0 Å². The summed E-state index contributed by atoms with van der Waals surface area (Å²) in [5.41, 5.74) is 10.4. The first-order chi connectivity index (χ1) is 24.8. The third-order valence-electron chi connectivity index (χ3n) is 9.37. The van der Waals surface area contributed by atoms with Gasteiger partial charge in [-0.1, -0.05) is 127 Å². The second-order valence-electron chi connectivity index (χ2n) is 12.4. The van der Waals surface area contributed by atoms with E-state index in [-0.39, 0.29) is 0 Å². The average Bonchev–Trinajstić information content (AvgIpc) is 3.76. The second-order valence-corrected chi connectivity index (χ2v) is 12.4. The van der Waals surface area contributed by atoms with Gasteiger partial charge in [0.2, 0.25) is 0 Å². The first-order valence-electron chi connectivity index (χ1n) is 16.6. The van der Waals surface area contributed by atoms with Gasteiger partial charge in [-0.15, -0.1) is 0 Å². The topological polar surface area (TPSA) is 65.0 Å². The molecule has 50 heavy (non-hydrogen) atoms. The fraction of sp³-hybridized carbons (Fsp3) is 0. The lowest BCUT2D eigenvalue weighted by molar-refractivity contribution is 0.669. The van der Waals surface area contributed by atoms with Crippen LogP contribution in [0.5, 0.6) is 0 Å². The van der Waals surface area contributed by atoms with Crippen molar-refractivity contribution in [3.8, 4) is 56.4 Å². The highest BCUT2D eigenvalue weighted by molar-refractivity contribution is 6.17. The highest BCUT2D eigenvalue weighted by atomic mass is 16.3.